The number of nitrogen functional groups attached to an aromatic ring is 1. The van der Waals surface area contributed by atoms with Crippen molar-refractivity contribution in [3.05, 3.63) is 51.9 Å². The van der Waals surface area contributed by atoms with Crippen LogP contribution in [0.1, 0.15) is 63.6 Å². The molecule has 3 aromatic heterocycles. The summed E-state index contributed by atoms with van der Waals surface area (Å²) in [5, 5.41) is 8.39. The number of primary amides is 1. The number of rotatable bonds is 8. The van der Waals surface area contributed by atoms with Crippen LogP contribution >= 0.6 is 11.3 Å². The van der Waals surface area contributed by atoms with Gasteiger partial charge in [-0.3, -0.25) is 9.59 Å². The Morgan fingerprint density at radius 3 is 2.76 bits per heavy atom. The molecule has 5 N–H and O–H groups in total. The lowest BCUT2D eigenvalue weighted by Crippen LogP contribution is -2.47. The van der Waals surface area contributed by atoms with Crippen LogP contribution < -0.4 is 26.4 Å². The molecule has 6 rings (SSSR count). The highest BCUT2D eigenvalue weighted by Crippen LogP contribution is 2.36. The number of anilines is 2. The molecule has 1 saturated carbocycles. The molecule has 0 spiro atoms. The van der Waals surface area contributed by atoms with E-state index in [4.69, 9.17) is 16.2 Å². The van der Waals surface area contributed by atoms with E-state index < -0.39 is 11.7 Å². The summed E-state index contributed by atoms with van der Waals surface area (Å²) in [5.74, 6) is -1.08. The standard InChI is InChI=1S/C31H38FN9O3S/c1-17-37-31(44-21-8-4-7-20(13-21)39(2)3)27(45-17)30(43)38-19-6-5-11-40(15-19)25-14-24(41-26(25)28(33)35-16-36-41)18-9-10-22(29(34)42)23(32)12-18/h9-10,12,14,16,19-21H,4-8,11,13,15H2,1-3H3,(H2,34,42)(H,38,43)(H2,33,35,36)/t19-,20-,21+/m1/s1. The molecule has 1 saturated heterocycles. The van der Waals surface area contributed by atoms with E-state index in [9.17, 15) is 14.0 Å². The Hall–Kier alpha value is -4.30. The summed E-state index contributed by atoms with van der Waals surface area (Å²) in [6.45, 7) is 3.13. The van der Waals surface area contributed by atoms with Crippen molar-refractivity contribution < 1.29 is 18.7 Å². The first-order valence-corrected chi connectivity index (χ1v) is 16.0. The predicted octanol–water partition coefficient (Wildman–Crippen LogP) is 3.63. The van der Waals surface area contributed by atoms with E-state index in [0.717, 1.165) is 55.8 Å². The second-order valence-electron chi connectivity index (χ2n) is 12.0. The molecule has 0 radical (unpaired) electrons. The van der Waals surface area contributed by atoms with E-state index in [-0.39, 0.29) is 29.4 Å². The number of carbonyl (C=O) groups is 2. The Labute approximate surface area is 264 Å². The van der Waals surface area contributed by atoms with E-state index in [1.54, 1.807) is 10.6 Å². The molecule has 4 heterocycles. The average Bonchev–Trinajstić information content (AvgIpc) is 3.58. The summed E-state index contributed by atoms with van der Waals surface area (Å²) < 4.78 is 22.7. The minimum Gasteiger partial charge on any atom is -0.473 e. The Morgan fingerprint density at radius 2 is 2.00 bits per heavy atom. The number of piperidine rings is 1. The van der Waals surface area contributed by atoms with Crippen molar-refractivity contribution in [2.75, 3.05) is 37.8 Å². The van der Waals surface area contributed by atoms with Gasteiger partial charge in [-0.1, -0.05) is 6.07 Å². The number of halogens is 1. The molecule has 2 amide bonds. The second-order valence-corrected chi connectivity index (χ2v) is 13.2. The maximum atomic E-state index is 14.7. The molecule has 1 aromatic carbocycles. The molecule has 1 aliphatic heterocycles. The molecule has 238 valence electrons. The summed E-state index contributed by atoms with van der Waals surface area (Å²) in [5.41, 5.74) is 13.9. The van der Waals surface area contributed by atoms with Crippen molar-refractivity contribution in [2.24, 2.45) is 5.73 Å². The van der Waals surface area contributed by atoms with Crippen LogP contribution in [0.3, 0.4) is 0 Å². The number of benzene rings is 1. The van der Waals surface area contributed by atoms with Crippen molar-refractivity contribution in [3.63, 3.8) is 0 Å². The number of nitrogens with zero attached hydrogens (tertiary/aromatic N) is 6. The van der Waals surface area contributed by atoms with Crippen LogP contribution in [0.2, 0.25) is 0 Å². The first-order chi connectivity index (χ1) is 21.6. The van der Waals surface area contributed by atoms with Gasteiger partial charge in [-0.2, -0.15) is 5.10 Å². The third-order valence-corrected chi connectivity index (χ3v) is 9.66. The van der Waals surface area contributed by atoms with E-state index in [1.165, 1.54) is 29.8 Å². The van der Waals surface area contributed by atoms with Gasteiger partial charge in [0.25, 0.3) is 11.8 Å². The number of nitrogens with two attached hydrogens (primary N) is 2. The zero-order chi connectivity index (χ0) is 31.8. The largest absolute Gasteiger partial charge is 0.473 e. The predicted molar refractivity (Wildman–Crippen MR) is 171 cm³/mol. The molecule has 4 aromatic rings. The van der Waals surface area contributed by atoms with Gasteiger partial charge >= 0.3 is 0 Å². The van der Waals surface area contributed by atoms with Crippen LogP contribution in [0.15, 0.2) is 30.6 Å². The van der Waals surface area contributed by atoms with Gasteiger partial charge < -0.3 is 31.3 Å². The number of ether oxygens (including phenoxy) is 1. The molecular weight excluding hydrogens is 597 g/mol. The Bertz CT molecular complexity index is 1740. The van der Waals surface area contributed by atoms with Crippen LogP contribution in [0, 0.1) is 12.7 Å². The fraction of sp³-hybridized carbons (Fsp3) is 0.452. The zero-order valence-electron chi connectivity index (χ0n) is 25.6. The number of hydrogen-bond donors (Lipinski definition) is 3. The molecule has 2 aliphatic rings. The van der Waals surface area contributed by atoms with Crippen LogP contribution in [-0.4, -0.2) is 81.7 Å². The average molecular weight is 636 g/mol. The lowest BCUT2D eigenvalue weighted by atomic mass is 9.92. The topological polar surface area (TPSA) is 157 Å². The van der Waals surface area contributed by atoms with Gasteiger partial charge in [0, 0.05) is 30.7 Å². The quantitative estimate of drug-likeness (QED) is 0.263. The normalized spacial score (nSPS) is 20.5. The maximum Gasteiger partial charge on any atom is 0.267 e. The molecule has 0 bridgehead atoms. The van der Waals surface area contributed by atoms with E-state index in [1.807, 2.05) is 13.0 Å². The monoisotopic (exact) mass is 635 g/mol. The third kappa shape index (κ3) is 6.29. The Balaban J connectivity index is 1.22. The van der Waals surface area contributed by atoms with Crippen LogP contribution in [-0.2, 0) is 0 Å². The van der Waals surface area contributed by atoms with Gasteiger partial charge in [0.05, 0.1) is 22.0 Å². The summed E-state index contributed by atoms with van der Waals surface area (Å²) >= 11 is 1.34. The number of aryl methyl sites for hydroxylation is 1. The summed E-state index contributed by atoms with van der Waals surface area (Å²) in [6, 6.07) is 6.42. The maximum absolute atomic E-state index is 14.7. The number of hydrogen-bond acceptors (Lipinski definition) is 10. The van der Waals surface area contributed by atoms with Gasteiger partial charge in [0.1, 0.15) is 23.8 Å². The van der Waals surface area contributed by atoms with Gasteiger partial charge in [0.2, 0.25) is 5.88 Å². The van der Waals surface area contributed by atoms with Gasteiger partial charge in [0.15, 0.2) is 10.7 Å². The van der Waals surface area contributed by atoms with Gasteiger partial charge in [-0.05, 0) is 77.7 Å². The summed E-state index contributed by atoms with van der Waals surface area (Å²) in [4.78, 5) is 38.8. The summed E-state index contributed by atoms with van der Waals surface area (Å²) in [7, 11) is 4.18. The SMILES string of the molecule is Cc1nc(O[C@H]2CCC[C@@H](N(C)C)C2)c(C(=O)N[C@@H]2CCCN(c3cc(-c4ccc(C(N)=O)c(F)c4)n4ncnc(N)c34)C2)s1. The van der Waals surface area contributed by atoms with E-state index >= 15 is 0 Å². The number of carbonyl (C=O) groups excluding carboxylic acids is 2. The molecule has 3 atom stereocenters. The van der Waals surface area contributed by atoms with Crippen molar-refractivity contribution in [1.29, 1.82) is 0 Å². The van der Waals surface area contributed by atoms with Crippen molar-refractivity contribution in [2.45, 2.75) is 63.6 Å². The molecule has 14 heteroatoms. The minimum atomic E-state index is -0.841. The molecule has 0 unspecified atom stereocenters. The fourth-order valence-electron chi connectivity index (χ4n) is 6.42. The highest BCUT2D eigenvalue weighted by molar-refractivity contribution is 7.13. The molecular formula is C31H38FN9O3S. The van der Waals surface area contributed by atoms with Gasteiger partial charge in [-0.15, -0.1) is 11.3 Å². The smallest absolute Gasteiger partial charge is 0.267 e. The van der Waals surface area contributed by atoms with Crippen molar-refractivity contribution in [3.8, 4) is 17.1 Å². The molecule has 2 fully saturated rings. The molecule has 45 heavy (non-hydrogen) atoms. The first kappa shape index (κ1) is 30.7. The lowest BCUT2D eigenvalue weighted by molar-refractivity contribution is 0.0881. The fourth-order valence-corrected chi connectivity index (χ4v) is 7.18. The van der Waals surface area contributed by atoms with Gasteiger partial charge in [-0.25, -0.2) is 18.9 Å². The molecule has 1 aliphatic carbocycles. The van der Waals surface area contributed by atoms with E-state index in [2.05, 4.69) is 44.3 Å². The number of fused-ring (bicyclic) bond motifs is 1. The number of aromatic nitrogens is 4. The van der Waals surface area contributed by atoms with Crippen LogP contribution in [0.5, 0.6) is 5.88 Å². The number of amides is 2. The second kappa shape index (κ2) is 12.6. The summed E-state index contributed by atoms with van der Waals surface area (Å²) in [6.07, 6.45) is 7.06. The Morgan fingerprint density at radius 1 is 1.18 bits per heavy atom. The zero-order valence-corrected chi connectivity index (χ0v) is 26.4. The highest BCUT2D eigenvalue weighted by Gasteiger charge is 2.30. The van der Waals surface area contributed by atoms with Crippen molar-refractivity contribution in [1.82, 2.24) is 29.8 Å². The minimum absolute atomic E-state index is 0.0230. The van der Waals surface area contributed by atoms with Crippen molar-refractivity contribution >= 4 is 40.2 Å². The highest BCUT2D eigenvalue weighted by atomic mass is 32.1. The first-order valence-electron chi connectivity index (χ1n) is 15.2. The lowest BCUT2D eigenvalue weighted by Gasteiger charge is -2.34. The molecule has 12 nitrogen and oxygen atoms in total. The Kier molecular flexibility index (Phi) is 8.60. The third-order valence-electron chi connectivity index (χ3n) is 8.71. The van der Waals surface area contributed by atoms with E-state index in [0.29, 0.717) is 40.1 Å². The van der Waals surface area contributed by atoms with Crippen LogP contribution in [0.4, 0.5) is 15.9 Å². The van der Waals surface area contributed by atoms with Crippen LogP contribution in [0.25, 0.3) is 16.8 Å². The number of thiazole rings is 1. The number of nitrogens with one attached hydrogen (secondary N) is 1.